The molecule has 0 aliphatic heterocycles. The number of aromatic nitrogens is 3. The fourth-order valence-corrected chi connectivity index (χ4v) is 3.82. The smallest absolute Gasteiger partial charge is 0.390 e. The van der Waals surface area contributed by atoms with Gasteiger partial charge in [0.15, 0.2) is 20.7 Å². The summed E-state index contributed by atoms with van der Waals surface area (Å²) < 4.78 is 62.4. The third-order valence-electron chi connectivity index (χ3n) is 3.73. The molecular formula is C16H17ClF3N5O4S. The second kappa shape index (κ2) is 9.43. The number of hydrogen-bond acceptors (Lipinski definition) is 7. The van der Waals surface area contributed by atoms with Gasteiger partial charge in [0.05, 0.1) is 30.3 Å². The lowest BCUT2D eigenvalue weighted by atomic mass is 10.3. The van der Waals surface area contributed by atoms with Gasteiger partial charge in [-0.3, -0.25) is 9.78 Å². The quantitative estimate of drug-likeness (QED) is 0.435. The summed E-state index contributed by atoms with van der Waals surface area (Å²) in [6.07, 6.45) is -1.73. The minimum Gasteiger partial charge on any atom is -0.399 e. The van der Waals surface area contributed by atoms with Gasteiger partial charge in [-0.1, -0.05) is 16.8 Å². The van der Waals surface area contributed by atoms with Crippen molar-refractivity contribution in [2.45, 2.75) is 12.6 Å². The standard InChI is InChI=1S/C16H17ClF3N5O4S/c1-24(13-9-25(22-14(13)17)11-4-3-6-21-8-11)15(26)12(23-29-2)10-30(27,28)7-5-16(18,19)20/h3-4,6,8-9H,5,7,10H2,1-2H3/b23-12-. The first-order valence-corrected chi connectivity index (χ1v) is 10.4. The molecule has 0 aliphatic carbocycles. The minimum absolute atomic E-state index is 0.0774. The van der Waals surface area contributed by atoms with E-state index in [0.29, 0.717) is 5.69 Å². The maximum atomic E-state index is 12.7. The molecule has 0 aliphatic rings. The van der Waals surface area contributed by atoms with Crippen LogP contribution in [0.5, 0.6) is 0 Å². The van der Waals surface area contributed by atoms with E-state index >= 15 is 0 Å². The number of rotatable bonds is 8. The van der Waals surface area contributed by atoms with Crippen LogP contribution in [-0.4, -0.2) is 66.6 Å². The number of carbonyl (C=O) groups is 1. The average molecular weight is 468 g/mol. The molecule has 0 fully saturated rings. The van der Waals surface area contributed by atoms with Crippen molar-refractivity contribution < 1.29 is 31.2 Å². The van der Waals surface area contributed by atoms with E-state index in [1.807, 2.05) is 0 Å². The lowest BCUT2D eigenvalue weighted by Gasteiger charge is -2.16. The first kappa shape index (κ1) is 23.6. The van der Waals surface area contributed by atoms with Gasteiger partial charge in [0.25, 0.3) is 5.91 Å². The van der Waals surface area contributed by atoms with Crippen molar-refractivity contribution in [1.82, 2.24) is 14.8 Å². The average Bonchev–Trinajstić information content (AvgIpc) is 3.07. The van der Waals surface area contributed by atoms with Crippen molar-refractivity contribution >= 4 is 38.7 Å². The van der Waals surface area contributed by atoms with Gasteiger partial charge >= 0.3 is 6.18 Å². The maximum absolute atomic E-state index is 12.7. The predicted octanol–water partition coefficient (Wildman–Crippen LogP) is 2.25. The monoisotopic (exact) mass is 467 g/mol. The van der Waals surface area contributed by atoms with Crippen LogP contribution in [0.2, 0.25) is 5.15 Å². The fraction of sp³-hybridized carbons (Fsp3) is 0.375. The zero-order chi connectivity index (χ0) is 22.5. The van der Waals surface area contributed by atoms with Crippen LogP contribution in [0.3, 0.4) is 0 Å². The zero-order valence-corrected chi connectivity index (χ0v) is 17.4. The van der Waals surface area contributed by atoms with Crippen LogP contribution >= 0.6 is 11.6 Å². The Hall–Kier alpha value is -2.67. The first-order chi connectivity index (χ1) is 13.9. The van der Waals surface area contributed by atoms with Gasteiger partial charge in [-0.2, -0.15) is 18.3 Å². The Morgan fingerprint density at radius 2 is 2.10 bits per heavy atom. The van der Waals surface area contributed by atoms with E-state index in [-0.39, 0.29) is 10.8 Å². The van der Waals surface area contributed by atoms with Gasteiger partial charge in [0.1, 0.15) is 18.6 Å². The number of amides is 1. The highest BCUT2D eigenvalue weighted by atomic mass is 35.5. The number of hydrogen-bond donors (Lipinski definition) is 0. The Morgan fingerprint density at radius 3 is 2.67 bits per heavy atom. The second-order valence-corrected chi connectivity index (χ2v) is 8.54. The van der Waals surface area contributed by atoms with Gasteiger partial charge in [-0.05, 0) is 12.1 Å². The van der Waals surface area contributed by atoms with E-state index in [9.17, 15) is 26.4 Å². The molecular weight excluding hydrogens is 451 g/mol. The maximum Gasteiger partial charge on any atom is 0.390 e. The molecule has 0 bridgehead atoms. The molecule has 0 spiro atoms. The molecule has 14 heteroatoms. The second-order valence-electron chi connectivity index (χ2n) is 6.00. The Balaban J connectivity index is 2.24. The Bertz CT molecular complexity index is 1030. The predicted molar refractivity (Wildman–Crippen MR) is 104 cm³/mol. The summed E-state index contributed by atoms with van der Waals surface area (Å²) in [4.78, 5) is 22.1. The van der Waals surface area contributed by atoms with Crippen molar-refractivity contribution in [3.05, 3.63) is 35.9 Å². The van der Waals surface area contributed by atoms with Crippen LogP contribution in [0, 0.1) is 0 Å². The Kier molecular flexibility index (Phi) is 7.42. The molecule has 9 nitrogen and oxygen atoms in total. The molecule has 30 heavy (non-hydrogen) atoms. The largest absolute Gasteiger partial charge is 0.399 e. The lowest BCUT2D eigenvalue weighted by Crippen LogP contribution is -2.38. The highest BCUT2D eigenvalue weighted by Gasteiger charge is 2.32. The molecule has 0 unspecified atom stereocenters. The first-order valence-electron chi connectivity index (χ1n) is 8.24. The van der Waals surface area contributed by atoms with Crippen molar-refractivity contribution in [1.29, 1.82) is 0 Å². The molecule has 2 aromatic rings. The molecule has 164 valence electrons. The zero-order valence-electron chi connectivity index (χ0n) is 15.8. The summed E-state index contributed by atoms with van der Waals surface area (Å²) in [6.45, 7) is 0. The van der Waals surface area contributed by atoms with Crippen LogP contribution in [0.4, 0.5) is 18.9 Å². The highest BCUT2D eigenvalue weighted by molar-refractivity contribution is 7.92. The highest BCUT2D eigenvalue weighted by Crippen LogP contribution is 2.25. The third-order valence-corrected chi connectivity index (χ3v) is 5.54. The van der Waals surface area contributed by atoms with Crippen molar-refractivity contribution in [3.63, 3.8) is 0 Å². The minimum atomic E-state index is -4.65. The molecule has 2 heterocycles. The number of oxime groups is 1. The molecule has 0 aromatic carbocycles. The van der Waals surface area contributed by atoms with E-state index < -0.39 is 45.6 Å². The number of carbonyl (C=O) groups excluding carboxylic acids is 1. The third kappa shape index (κ3) is 6.42. The SMILES string of the molecule is CO/N=C(/CS(=O)(=O)CCC(F)(F)F)C(=O)N(C)c1cn(-c2cccnc2)nc1Cl. The summed E-state index contributed by atoms with van der Waals surface area (Å²) in [5.74, 6) is -3.15. The van der Waals surface area contributed by atoms with Crippen molar-refractivity contribution in [2.24, 2.45) is 5.16 Å². The van der Waals surface area contributed by atoms with E-state index in [1.165, 1.54) is 24.1 Å². The molecule has 2 rings (SSSR count). The molecule has 0 radical (unpaired) electrons. The molecule has 2 aromatic heterocycles. The number of sulfone groups is 1. The van der Waals surface area contributed by atoms with Gasteiger partial charge in [0, 0.05) is 13.2 Å². The van der Waals surface area contributed by atoms with Gasteiger partial charge in [-0.15, -0.1) is 0 Å². The summed E-state index contributed by atoms with van der Waals surface area (Å²) in [5, 5.41) is 7.36. The van der Waals surface area contributed by atoms with Crippen LogP contribution in [0.25, 0.3) is 5.69 Å². The van der Waals surface area contributed by atoms with E-state index in [0.717, 1.165) is 12.0 Å². The van der Waals surface area contributed by atoms with Crippen LogP contribution < -0.4 is 4.90 Å². The van der Waals surface area contributed by atoms with Gasteiger partial charge < -0.3 is 9.74 Å². The topological polar surface area (TPSA) is 107 Å². The Morgan fingerprint density at radius 1 is 1.40 bits per heavy atom. The number of nitrogens with zero attached hydrogens (tertiary/aromatic N) is 5. The Labute approximate surface area is 175 Å². The number of halogens is 4. The number of pyridine rings is 1. The van der Waals surface area contributed by atoms with Crippen LogP contribution in [0.1, 0.15) is 6.42 Å². The molecule has 0 N–H and O–H groups in total. The van der Waals surface area contributed by atoms with Gasteiger partial charge in [0.2, 0.25) is 0 Å². The van der Waals surface area contributed by atoms with Crippen molar-refractivity contribution in [3.8, 4) is 5.69 Å². The van der Waals surface area contributed by atoms with E-state index in [1.54, 1.807) is 18.3 Å². The van der Waals surface area contributed by atoms with E-state index in [2.05, 4.69) is 20.1 Å². The number of alkyl halides is 3. The molecule has 0 saturated heterocycles. The van der Waals surface area contributed by atoms with Crippen LogP contribution in [-0.2, 0) is 19.5 Å². The van der Waals surface area contributed by atoms with E-state index in [4.69, 9.17) is 11.6 Å². The summed E-state index contributed by atoms with van der Waals surface area (Å²) in [6, 6.07) is 3.35. The summed E-state index contributed by atoms with van der Waals surface area (Å²) >= 11 is 6.09. The normalized spacial score (nSPS) is 12.7. The van der Waals surface area contributed by atoms with Gasteiger partial charge in [-0.25, -0.2) is 13.1 Å². The molecule has 0 saturated carbocycles. The molecule has 0 atom stereocenters. The van der Waals surface area contributed by atoms with Crippen LogP contribution in [0.15, 0.2) is 35.9 Å². The fourth-order valence-electron chi connectivity index (χ4n) is 2.28. The number of anilines is 1. The summed E-state index contributed by atoms with van der Waals surface area (Å²) in [5.41, 5.74) is 0.0568. The lowest BCUT2D eigenvalue weighted by molar-refractivity contribution is -0.129. The summed E-state index contributed by atoms with van der Waals surface area (Å²) in [7, 11) is -1.93. The van der Waals surface area contributed by atoms with Crippen molar-refractivity contribution in [2.75, 3.05) is 30.6 Å². The molecule has 1 amide bonds.